The van der Waals surface area contributed by atoms with Crippen molar-refractivity contribution >= 4 is 75.1 Å². The summed E-state index contributed by atoms with van der Waals surface area (Å²) in [5, 5.41) is 35.8. The van der Waals surface area contributed by atoms with Gasteiger partial charge in [0.05, 0.1) is 82.0 Å². The fourth-order valence-corrected chi connectivity index (χ4v) is 10.9. The van der Waals surface area contributed by atoms with Gasteiger partial charge in [-0.25, -0.2) is 0 Å². The second-order valence-corrected chi connectivity index (χ2v) is 19.5. The van der Waals surface area contributed by atoms with E-state index in [-0.39, 0.29) is 37.8 Å². The summed E-state index contributed by atoms with van der Waals surface area (Å²) in [5.41, 5.74) is 6.50. The Morgan fingerprint density at radius 3 is 1.54 bits per heavy atom. The minimum atomic E-state index is -1.02. The van der Waals surface area contributed by atoms with Crippen molar-refractivity contribution in [1.29, 1.82) is 0 Å². The highest BCUT2D eigenvalue weighted by Crippen LogP contribution is 2.41. The normalized spacial score (nSPS) is 15.0. The predicted octanol–water partition coefficient (Wildman–Crippen LogP) is 7.08. The molecule has 0 unspecified atom stereocenters. The second kappa shape index (κ2) is 23.0. The fourth-order valence-electron chi connectivity index (χ4n) is 8.13. The number of thiophene rings is 2. The molecule has 2 amide bonds. The molecule has 8 rings (SSSR count). The number of aromatic nitrogens is 6. The maximum atomic E-state index is 13.6. The third-order valence-corrected chi connectivity index (χ3v) is 14.6. The molecule has 368 valence electrons. The largest absolute Gasteiger partial charge is 0.481 e. The average molecular weight is 1030 g/mol. The fraction of sp³-hybridized carbons (Fsp3) is 0.396. The van der Waals surface area contributed by atoms with E-state index in [4.69, 9.17) is 52.1 Å². The first-order valence-corrected chi connectivity index (χ1v) is 25.0. The van der Waals surface area contributed by atoms with E-state index >= 15 is 0 Å². The molecule has 2 aliphatic rings. The standard InChI is InChI=1S/C48H52Cl2N10O8S2/c1-26-28(3)69-47-39(26)41(31-6-10-33(49)11-7-31)53-35(44-57-55-29(4)59(44)47)24-37(61)51-14-16-65-18-20-67-22-23-68-21-19-66-17-15-52-46(64)43-27(2)40-42(32-8-12-34(50)13-9-32)54-36(25-38(62)63)45-58-56-30(5)60(45)48(40)70-43/h6-13,35-36H,14-25H2,1-5H3,(H,51,61)(H,52,64)(H,62,63)/t35-,36-/m0/s1. The molecular weight excluding hydrogens is 980 g/mol. The number of aryl methyl sites for hydroxylation is 3. The van der Waals surface area contributed by atoms with Crippen molar-refractivity contribution in [1.82, 2.24) is 40.2 Å². The molecule has 0 aliphatic carbocycles. The van der Waals surface area contributed by atoms with Gasteiger partial charge in [-0.05, 0) is 70.0 Å². The number of rotatable bonds is 22. The minimum absolute atomic E-state index is 0.0850. The first-order chi connectivity index (χ1) is 33.8. The van der Waals surface area contributed by atoms with E-state index < -0.39 is 18.1 Å². The summed E-state index contributed by atoms with van der Waals surface area (Å²) >= 11 is 15.4. The molecule has 0 saturated carbocycles. The second-order valence-electron chi connectivity index (χ2n) is 16.4. The lowest BCUT2D eigenvalue weighted by molar-refractivity contribution is -0.137. The van der Waals surface area contributed by atoms with Crippen LogP contribution in [0.25, 0.3) is 10.0 Å². The number of nitrogens with one attached hydrogen (secondary N) is 2. The minimum Gasteiger partial charge on any atom is -0.481 e. The number of halogens is 2. The van der Waals surface area contributed by atoms with Crippen molar-refractivity contribution < 1.29 is 38.4 Å². The molecule has 22 heteroatoms. The molecule has 18 nitrogen and oxygen atoms in total. The Morgan fingerprint density at radius 2 is 1.04 bits per heavy atom. The maximum absolute atomic E-state index is 13.6. The first-order valence-electron chi connectivity index (χ1n) is 22.6. The number of aliphatic carboxylic acids is 1. The Labute approximate surface area is 422 Å². The molecule has 6 aromatic rings. The SMILES string of the molecule is Cc1sc2c(c1C)C(c1ccc(Cl)cc1)=N[C@@H](CC(=O)NCCOCCOCCOCCOCCNC(=O)c1sc3c(c1C)C(c1ccc(Cl)cc1)=N[C@@H](CC(=O)O)c1nnc(C)n1-3)c1nnc(C)n1-2. The number of aliphatic imine (C=N–C) groups is 2. The third-order valence-electron chi connectivity index (χ3n) is 11.6. The van der Waals surface area contributed by atoms with Crippen LogP contribution in [0.2, 0.25) is 10.0 Å². The Bertz CT molecular complexity index is 2930. The van der Waals surface area contributed by atoms with Gasteiger partial charge in [-0.2, -0.15) is 0 Å². The molecule has 0 radical (unpaired) electrons. The molecule has 2 aromatic carbocycles. The highest BCUT2D eigenvalue weighted by atomic mass is 35.5. The molecule has 0 spiro atoms. The summed E-state index contributed by atoms with van der Waals surface area (Å²) < 4.78 is 26.5. The maximum Gasteiger partial charge on any atom is 0.306 e. The molecule has 2 atom stereocenters. The van der Waals surface area contributed by atoms with E-state index in [2.05, 4.69) is 44.9 Å². The number of hydrogen-bond donors (Lipinski definition) is 3. The van der Waals surface area contributed by atoms with Crippen LogP contribution in [0.4, 0.5) is 0 Å². The number of carboxylic acids is 1. The summed E-state index contributed by atoms with van der Waals surface area (Å²) in [6.45, 7) is 13.0. The molecule has 70 heavy (non-hydrogen) atoms. The number of ether oxygens (including phenoxy) is 4. The Hall–Kier alpha value is -5.71. The Kier molecular flexibility index (Phi) is 16.7. The number of amides is 2. The molecule has 4 aromatic heterocycles. The van der Waals surface area contributed by atoms with Crippen molar-refractivity contribution in [3.05, 3.63) is 125 Å². The van der Waals surface area contributed by atoms with Gasteiger partial charge in [0.15, 0.2) is 11.6 Å². The lowest BCUT2D eigenvalue weighted by atomic mass is 9.99. The van der Waals surface area contributed by atoms with E-state index in [1.165, 1.54) is 16.2 Å². The summed E-state index contributed by atoms with van der Waals surface area (Å²) in [5.74, 6) is 0.807. The molecule has 0 bridgehead atoms. The van der Waals surface area contributed by atoms with Crippen LogP contribution >= 0.6 is 45.9 Å². The van der Waals surface area contributed by atoms with Crippen molar-refractivity contribution in [2.75, 3.05) is 65.9 Å². The molecular formula is C48H52Cl2N10O8S2. The summed E-state index contributed by atoms with van der Waals surface area (Å²) in [6.07, 6.45) is -0.198. The van der Waals surface area contributed by atoms with Gasteiger partial charge in [0, 0.05) is 50.3 Å². The van der Waals surface area contributed by atoms with Crippen molar-refractivity contribution in [2.45, 2.75) is 59.5 Å². The summed E-state index contributed by atoms with van der Waals surface area (Å²) in [7, 11) is 0. The highest BCUT2D eigenvalue weighted by Gasteiger charge is 2.35. The topological polar surface area (TPSA) is 219 Å². The number of carbonyl (C=O) groups is 3. The molecule has 2 aliphatic heterocycles. The summed E-state index contributed by atoms with van der Waals surface area (Å²) in [6, 6.07) is 13.3. The van der Waals surface area contributed by atoms with Gasteiger partial charge in [0.2, 0.25) is 5.91 Å². The van der Waals surface area contributed by atoms with Gasteiger partial charge in [0.25, 0.3) is 5.91 Å². The van der Waals surface area contributed by atoms with E-state index in [0.717, 1.165) is 38.8 Å². The lowest BCUT2D eigenvalue weighted by Crippen LogP contribution is -2.29. The molecule has 0 saturated heterocycles. The lowest BCUT2D eigenvalue weighted by Gasteiger charge is -2.13. The van der Waals surface area contributed by atoms with E-state index in [9.17, 15) is 19.5 Å². The first kappa shape index (κ1) is 50.7. The zero-order valence-corrected chi connectivity index (χ0v) is 42.4. The monoisotopic (exact) mass is 1030 g/mol. The van der Waals surface area contributed by atoms with E-state index in [1.54, 1.807) is 35.0 Å². The number of benzene rings is 2. The van der Waals surface area contributed by atoms with Crippen LogP contribution in [-0.2, 0) is 28.5 Å². The van der Waals surface area contributed by atoms with Gasteiger partial charge in [-0.1, -0.05) is 47.5 Å². The highest BCUT2D eigenvalue weighted by molar-refractivity contribution is 7.17. The number of carboxylic acid groups (broad SMARTS) is 1. The number of nitrogens with zero attached hydrogens (tertiary/aromatic N) is 8. The third kappa shape index (κ3) is 11.4. The number of carbonyl (C=O) groups excluding carboxylic acids is 2. The van der Waals surface area contributed by atoms with Crippen molar-refractivity contribution in [2.24, 2.45) is 9.98 Å². The molecule has 6 heterocycles. The van der Waals surface area contributed by atoms with Crippen molar-refractivity contribution in [3.8, 4) is 10.0 Å². The smallest absolute Gasteiger partial charge is 0.306 e. The van der Waals surface area contributed by atoms with Crippen LogP contribution in [0.5, 0.6) is 0 Å². The van der Waals surface area contributed by atoms with Crippen LogP contribution < -0.4 is 10.6 Å². The van der Waals surface area contributed by atoms with Crippen LogP contribution in [0.1, 0.15) is 96.2 Å². The Morgan fingerprint density at radius 1 is 0.600 bits per heavy atom. The van der Waals surface area contributed by atoms with Gasteiger partial charge in [-0.3, -0.25) is 33.5 Å². The molecule has 0 fully saturated rings. The van der Waals surface area contributed by atoms with E-state index in [0.29, 0.717) is 107 Å². The van der Waals surface area contributed by atoms with Gasteiger partial charge >= 0.3 is 5.97 Å². The van der Waals surface area contributed by atoms with Crippen LogP contribution in [-0.4, -0.2) is 130 Å². The van der Waals surface area contributed by atoms with Crippen LogP contribution in [0.3, 0.4) is 0 Å². The zero-order chi connectivity index (χ0) is 49.5. The Balaban J connectivity index is 0.716. The van der Waals surface area contributed by atoms with Crippen LogP contribution in [0.15, 0.2) is 58.5 Å². The van der Waals surface area contributed by atoms with Gasteiger partial charge < -0.3 is 34.7 Å². The molecule has 3 N–H and O–H groups in total. The van der Waals surface area contributed by atoms with Crippen LogP contribution in [0, 0.1) is 34.6 Å². The van der Waals surface area contributed by atoms with Gasteiger partial charge in [-0.15, -0.1) is 43.1 Å². The summed E-state index contributed by atoms with van der Waals surface area (Å²) in [4.78, 5) is 50.4. The van der Waals surface area contributed by atoms with Gasteiger partial charge in [0.1, 0.15) is 33.7 Å². The van der Waals surface area contributed by atoms with Crippen molar-refractivity contribution in [3.63, 3.8) is 0 Å². The number of fused-ring (bicyclic) bond motifs is 6. The average Bonchev–Trinajstić information content (AvgIpc) is 4.04. The number of hydrogen-bond acceptors (Lipinski definition) is 15. The quantitative estimate of drug-likeness (QED) is 0.0581. The van der Waals surface area contributed by atoms with E-state index in [1.807, 2.05) is 54.8 Å². The zero-order valence-electron chi connectivity index (χ0n) is 39.2. The predicted molar refractivity (Wildman–Crippen MR) is 267 cm³/mol.